The second-order valence-electron chi connectivity index (χ2n) is 4.14. The molecule has 0 aromatic rings. The molecule has 1 aliphatic heterocycles. The van der Waals surface area contributed by atoms with Crippen LogP contribution in [0.2, 0.25) is 0 Å². The molecular formula is C9H18N2O3. The van der Waals surface area contributed by atoms with Crippen molar-refractivity contribution < 1.29 is 14.3 Å². The Balaban J connectivity index is 2.27. The van der Waals surface area contributed by atoms with E-state index in [1.807, 2.05) is 13.8 Å². The predicted octanol–water partition coefficient (Wildman–Crippen LogP) is -0.745. The van der Waals surface area contributed by atoms with Gasteiger partial charge in [-0.2, -0.15) is 0 Å². The van der Waals surface area contributed by atoms with Crippen molar-refractivity contribution >= 4 is 5.91 Å². The van der Waals surface area contributed by atoms with Crippen molar-refractivity contribution in [3.05, 3.63) is 0 Å². The van der Waals surface area contributed by atoms with Crippen molar-refractivity contribution in [1.82, 2.24) is 5.32 Å². The minimum Gasteiger partial charge on any atom is -0.376 e. The smallest absolute Gasteiger partial charge is 0.251 e. The first-order valence-corrected chi connectivity index (χ1v) is 4.75. The highest BCUT2D eigenvalue weighted by Crippen LogP contribution is 2.01. The molecule has 1 saturated heterocycles. The second kappa shape index (κ2) is 4.72. The van der Waals surface area contributed by atoms with Gasteiger partial charge in [0, 0.05) is 12.1 Å². The average molecular weight is 202 g/mol. The van der Waals surface area contributed by atoms with Crippen LogP contribution in [0.3, 0.4) is 0 Å². The van der Waals surface area contributed by atoms with Crippen molar-refractivity contribution in [2.75, 3.05) is 26.4 Å². The molecule has 1 atom stereocenters. The van der Waals surface area contributed by atoms with E-state index >= 15 is 0 Å². The van der Waals surface area contributed by atoms with Crippen LogP contribution in [-0.4, -0.2) is 43.9 Å². The van der Waals surface area contributed by atoms with E-state index in [-0.39, 0.29) is 5.91 Å². The molecule has 0 spiro atoms. The van der Waals surface area contributed by atoms with Crippen molar-refractivity contribution in [2.24, 2.45) is 5.73 Å². The summed E-state index contributed by atoms with van der Waals surface area (Å²) in [6.07, 6.45) is -0.480. The van der Waals surface area contributed by atoms with Crippen LogP contribution in [0.4, 0.5) is 0 Å². The van der Waals surface area contributed by atoms with Crippen LogP contribution in [0.15, 0.2) is 0 Å². The quantitative estimate of drug-likeness (QED) is 0.632. The third-order valence-corrected chi connectivity index (χ3v) is 1.83. The van der Waals surface area contributed by atoms with E-state index in [1.54, 1.807) is 0 Å². The topological polar surface area (TPSA) is 73.6 Å². The lowest BCUT2D eigenvalue weighted by Crippen LogP contribution is -2.50. The lowest BCUT2D eigenvalue weighted by molar-refractivity contribution is -0.147. The first-order chi connectivity index (χ1) is 6.49. The van der Waals surface area contributed by atoms with E-state index in [1.165, 1.54) is 0 Å². The second-order valence-corrected chi connectivity index (χ2v) is 4.14. The largest absolute Gasteiger partial charge is 0.376 e. The van der Waals surface area contributed by atoms with Gasteiger partial charge in [0.1, 0.15) is 0 Å². The summed E-state index contributed by atoms with van der Waals surface area (Å²) in [6.45, 7) is 5.51. The highest BCUT2D eigenvalue weighted by Gasteiger charge is 2.23. The van der Waals surface area contributed by atoms with Crippen LogP contribution in [-0.2, 0) is 14.3 Å². The molecule has 1 fully saturated rings. The summed E-state index contributed by atoms with van der Waals surface area (Å²) >= 11 is 0. The number of hydrogen-bond donors (Lipinski definition) is 2. The molecule has 14 heavy (non-hydrogen) atoms. The van der Waals surface area contributed by atoms with Crippen molar-refractivity contribution in [2.45, 2.75) is 25.5 Å². The Hall–Kier alpha value is -0.650. The fraction of sp³-hybridized carbons (Fsp3) is 0.889. The van der Waals surface area contributed by atoms with Crippen LogP contribution in [0.1, 0.15) is 13.8 Å². The number of nitrogens with one attached hydrogen (secondary N) is 1. The zero-order valence-electron chi connectivity index (χ0n) is 8.71. The average Bonchev–Trinajstić information content (AvgIpc) is 2.14. The van der Waals surface area contributed by atoms with Gasteiger partial charge in [0.15, 0.2) is 6.10 Å². The van der Waals surface area contributed by atoms with Gasteiger partial charge in [-0.3, -0.25) is 4.79 Å². The number of amides is 1. The number of carbonyl (C=O) groups excluding carboxylic acids is 1. The SMILES string of the molecule is CC(C)(N)CNC(=O)C1COCCO1. The maximum absolute atomic E-state index is 11.5. The van der Waals surface area contributed by atoms with Gasteiger partial charge < -0.3 is 20.5 Å². The summed E-state index contributed by atoms with van der Waals surface area (Å²) in [4.78, 5) is 11.5. The summed E-state index contributed by atoms with van der Waals surface area (Å²) in [5.74, 6) is -0.150. The molecule has 0 aromatic heterocycles. The van der Waals surface area contributed by atoms with Crippen molar-refractivity contribution in [3.8, 4) is 0 Å². The molecule has 82 valence electrons. The predicted molar refractivity (Wildman–Crippen MR) is 51.8 cm³/mol. The van der Waals surface area contributed by atoms with E-state index in [4.69, 9.17) is 15.2 Å². The third-order valence-electron chi connectivity index (χ3n) is 1.83. The molecule has 1 aliphatic rings. The molecule has 1 amide bonds. The van der Waals surface area contributed by atoms with E-state index in [2.05, 4.69) is 5.32 Å². The Bertz CT molecular complexity index is 195. The van der Waals surface area contributed by atoms with E-state index in [0.29, 0.717) is 26.4 Å². The van der Waals surface area contributed by atoms with Gasteiger partial charge in [-0.1, -0.05) is 0 Å². The Kier molecular flexibility index (Phi) is 3.86. The van der Waals surface area contributed by atoms with Crippen molar-refractivity contribution in [1.29, 1.82) is 0 Å². The highest BCUT2D eigenvalue weighted by atomic mass is 16.6. The third kappa shape index (κ3) is 4.04. The number of carbonyl (C=O) groups is 1. The normalized spacial score (nSPS) is 23.2. The molecular weight excluding hydrogens is 184 g/mol. The zero-order valence-corrected chi connectivity index (χ0v) is 8.71. The Morgan fingerprint density at radius 2 is 2.29 bits per heavy atom. The number of nitrogens with two attached hydrogens (primary N) is 1. The Morgan fingerprint density at radius 1 is 1.57 bits per heavy atom. The molecule has 1 heterocycles. The van der Waals surface area contributed by atoms with Crippen LogP contribution < -0.4 is 11.1 Å². The van der Waals surface area contributed by atoms with Gasteiger partial charge in [-0.25, -0.2) is 0 Å². The molecule has 0 aromatic carbocycles. The van der Waals surface area contributed by atoms with Gasteiger partial charge in [0.25, 0.3) is 5.91 Å². The molecule has 0 radical (unpaired) electrons. The zero-order chi connectivity index (χ0) is 10.6. The minimum atomic E-state index is -0.480. The van der Waals surface area contributed by atoms with Gasteiger partial charge >= 0.3 is 0 Å². The molecule has 3 N–H and O–H groups in total. The van der Waals surface area contributed by atoms with Crippen LogP contribution in [0.25, 0.3) is 0 Å². The maximum atomic E-state index is 11.5. The van der Waals surface area contributed by atoms with Crippen LogP contribution >= 0.6 is 0 Å². The number of rotatable bonds is 3. The summed E-state index contributed by atoms with van der Waals surface area (Å²) in [5, 5.41) is 2.72. The summed E-state index contributed by atoms with van der Waals surface area (Å²) < 4.78 is 10.3. The number of ether oxygens (including phenoxy) is 2. The van der Waals surface area contributed by atoms with Crippen LogP contribution in [0.5, 0.6) is 0 Å². The Labute approximate surface area is 83.9 Å². The van der Waals surface area contributed by atoms with Gasteiger partial charge in [-0.05, 0) is 13.8 Å². The van der Waals surface area contributed by atoms with Crippen molar-refractivity contribution in [3.63, 3.8) is 0 Å². The monoisotopic (exact) mass is 202 g/mol. The van der Waals surface area contributed by atoms with Gasteiger partial charge in [0.2, 0.25) is 0 Å². The van der Waals surface area contributed by atoms with Crippen LogP contribution in [0, 0.1) is 0 Å². The highest BCUT2D eigenvalue weighted by molar-refractivity contribution is 5.81. The van der Waals surface area contributed by atoms with E-state index in [9.17, 15) is 4.79 Å². The van der Waals surface area contributed by atoms with E-state index < -0.39 is 11.6 Å². The molecule has 0 aliphatic carbocycles. The molecule has 0 saturated carbocycles. The Morgan fingerprint density at radius 3 is 2.79 bits per heavy atom. The molecule has 5 heteroatoms. The summed E-state index contributed by atoms with van der Waals surface area (Å²) in [6, 6.07) is 0. The standard InChI is InChI=1S/C9H18N2O3/c1-9(2,10)6-11-8(12)7-5-13-3-4-14-7/h7H,3-6,10H2,1-2H3,(H,11,12). The first-order valence-electron chi connectivity index (χ1n) is 4.75. The van der Waals surface area contributed by atoms with Gasteiger partial charge in [-0.15, -0.1) is 0 Å². The van der Waals surface area contributed by atoms with E-state index in [0.717, 1.165) is 0 Å². The van der Waals surface area contributed by atoms with Gasteiger partial charge in [0.05, 0.1) is 19.8 Å². The molecule has 1 rings (SSSR count). The molecule has 1 unspecified atom stereocenters. The fourth-order valence-corrected chi connectivity index (χ4v) is 1.07. The first kappa shape index (κ1) is 11.4. The fourth-order valence-electron chi connectivity index (χ4n) is 1.07. The molecule has 0 bridgehead atoms. The maximum Gasteiger partial charge on any atom is 0.251 e. The summed E-state index contributed by atoms with van der Waals surface area (Å²) in [5.41, 5.74) is 5.33. The number of hydrogen-bond acceptors (Lipinski definition) is 4. The molecule has 5 nitrogen and oxygen atoms in total. The summed E-state index contributed by atoms with van der Waals surface area (Å²) in [7, 11) is 0. The lowest BCUT2D eigenvalue weighted by Gasteiger charge is -2.24. The minimum absolute atomic E-state index is 0.150. The lowest BCUT2D eigenvalue weighted by atomic mass is 10.1.